The highest BCUT2D eigenvalue weighted by Gasteiger charge is 2.18. The van der Waals surface area contributed by atoms with Gasteiger partial charge in [-0.15, -0.1) is 0 Å². The van der Waals surface area contributed by atoms with Crippen LogP contribution >= 0.6 is 0 Å². The molecule has 0 N–H and O–H groups in total. The van der Waals surface area contributed by atoms with Crippen molar-refractivity contribution in [3.05, 3.63) is 72.8 Å². The van der Waals surface area contributed by atoms with Gasteiger partial charge in [0.15, 0.2) is 11.3 Å². The van der Waals surface area contributed by atoms with Crippen molar-refractivity contribution in [2.24, 2.45) is 0 Å². The molecule has 0 aliphatic carbocycles. The first-order valence-corrected chi connectivity index (χ1v) is 10.9. The molecular weight excluding hydrogens is 398 g/mol. The van der Waals surface area contributed by atoms with E-state index >= 15 is 0 Å². The number of methoxy groups -OCH3 is 1. The lowest BCUT2D eigenvalue weighted by Gasteiger charge is -2.21. The fourth-order valence-electron chi connectivity index (χ4n) is 4.04. The van der Waals surface area contributed by atoms with Gasteiger partial charge < -0.3 is 9.64 Å². The summed E-state index contributed by atoms with van der Waals surface area (Å²) >= 11 is 0. The van der Waals surface area contributed by atoms with Gasteiger partial charge in [0.1, 0.15) is 11.6 Å². The third kappa shape index (κ3) is 3.43. The van der Waals surface area contributed by atoms with Crippen LogP contribution in [0.4, 0.5) is 5.69 Å². The second-order valence-corrected chi connectivity index (χ2v) is 7.55. The Labute approximate surface area is 187 Å². The SMILES string of the molecule is CCN(CC)c1ccc(-n2c(-c3ccc(OC)cc3)nc3nc4ccccc4nc32)cc1. The van der Waals surface area contributed by atoms with E-state index < -0.39 is 0 Å². The average molecular weight is 424 g/mol. The summed E-state index contributed by atoms with van der Waals surface area (Å²) in [6, 6.07) is 24.4. The number of benzene rings is 3. The zero-order chi connectivity index (χ0) is 22.1. The summed E-state index contributed by atoms with van der Waals surface area (Å²) in [7, 11) is 1.67. The second-order valence-electron chi connectivity index (χ2n) is 7.55. The summed E-state index contributed by atoms with van der Waals surface area (Å²) in [6.07, 6.45) is 0. The van der Waals surface area contributed by atoms with Gasteiger partial charge in [-0.1, -0.05) is 12.1 Å². The van der Waals surface area contributed by atoms with Crippen LogP contribution in [-0.4, -0.2) is 39.7 Å². The maximum atomic E-state index is 5.33. The van der Waals surface area contributed by atoms with Crippen molar-refractivity contribution in [2.45, 2.75) is 13.8 Å². The summed E-state index contributed by atoms with van der Waals surface area (Å²) in [6.45, 7) is 6.28. The van der Waals surface area contributed by atoms with Crippen molar-refractivity contribution in [1.82, 2.24) is 19.5 Å². The lowest BCUT2D eigenvalue weighted by atomic mass is 10.2. The highest BCUT2D eigenvalue weighted by molar-refractivity contribution is 5.86. The largest absolute Gasteiger partial charge is 0.497 e. The van der Waals surface area contributed by atoms with Gasteiger partial charge in [0, 0.05) is 30.0 Å². The minimum absolute atomic E-state index is 0.627. The Morgan fingerprint density at radius 3 is 2.06 bits per heavy atom. The number of imidazole rings is 1. The first-order valence-electron chi connectivity index (χ1n) is 10.9. The van der Waals surface area contributed by atoms with Gasteiger partial charge in [-0.3, -0.25) is 4.57 Å². The molecule has 32 heavy (non-hydrogen) atoms. The van der Waals surface area contributed by atoms with E-state index in [0.29, 0.717) is 5.65 Å². The molecule has 2 heterocycles. The summed E-state index contributed by atoms with van der Waals surface area (Å²) < 4.78 is 7.42. The molecule has 0 atom stereocenters. The van der Waals surface area contributed by atoms with Crippen LogP contribution in [0, 0.1) is 0 Å². The minimum Gasteiger partial charge on any atom is -0.497 e. The first-order chi connectivity index (χ1) is 15.7. The topological polar surface area (TPSA) is 56.1 Å². The van der Waals surface area contributed by atoms with E-state index in [0.717, 1.165) is 52.6 Å². The summed E-state index contributed by atoms with van der Waals surface area (Å²) in [5, 5.41) is 0. The van der Waals surface area contributed by atoms with Gasteiger partial charge in [-0.25, -0.2) is 15.0 Å². The van der Waals surface area contributed by atoms with Gasteiger partial charge in [0.05, 0.1) is 18.1 Å². The third-order valence-corrected chi connectivity index (χ3v) is 5.75. The van der Waals surface area contributed by atoms with E-state index in [9.17, 15) is 0 Å². The molecule has 0 saturated carbocycles. The number of hydrogen-bond acceptors (Lipinski definition) is 5. The van der Waals surface area contributed by atoms with Crippen molar-refractivity contribution >= 4 is 28.0 Å². The predicted molar refractivity (Wildman–Crippen MR) is 130 cm³/mol. The van der Waals surface area contributed by atoms with Crippen LogP contribution in [0.15, 0.2) is 72.8 Å². The Morgan fingerprint density at radius 2 is 1.44 bits per heavy atom. The summed E-state index contributed by atoms with van der Waals surface area (Å²) in [4.78, 5) is 16.9. The van der Waals surface area contributed by atoms with Crippen molar-refractivity contribution in [3.8, 4) is 22.8 Å². The van der Waals surface area contributed by atoms with Crippen molar-refractivity contribution in [2.75, 3.05) is 25.1 Å². The number of fused-ring (bicyclic) bond motifs is 2. The van der Waals surface area contributed by atoms with E-state index in [1.165, 1.54) is 5.69 Å². The molecule has 0 radical (unpaired) electrons. The van der Waals surface area contributed by atoms with Gasteiger partial charge >= 0.3 is 0 Å². The van der Waals surface area contributed by atoms with Crippen molar-refractivity contribution < 1.29 is 4.74 Å². The summed E-state index contributed by atoms with van der Waals surface area (Å²) in [5.74, 6) is 1.61. The normalized spacial score (nSPS) is 11.2. The van der Waals surface area contributed by atoms with Crippen molar-refractivity contribution in [3.63, 3.8) is 0 Å². The molecule has 2 aromatic heterocycles. The molecule has 5 aromatic rings. The third-order valence-electron chi connectivity index (χ3n) is 5.75. The average Bonchev–Trinajstić information content (AvgIpc) is 3.22. The van der Waals surface area contributed by atoms with Crippen LogP contribution in [0.2, 0.25) is 0 Å². The first kappa shape index (κ1) is 20.0. The summed E-state index contributed by atoms with van der Waals surface area (Å²) in [5.41, 5.74) is 6.23. The molecule has 0 aliphatic heterocycles. The molecular formula is C26H25N5O. The molecule has 0 spiro atoms. The molecule has 3 aromatic carbocycles. The lowest BCUT2D eigenvalue weighted by Crippen LogP contribution is -2.21. The second kappa shape index (κ2) is 8.30. The minimum atomic E-state index is 0.627. The van der Waals surface area contributed by atoms with E-state index in [1.807, 2.05) is 48.5 Å². The molecule has 0 aliphatic rings. The van der Waals surface area contributed by atoms with E-state index in [2.05, 4.69) is 47.6 Å². The number of rotatable bonds is 6. The monoisotopic (exact) mass is 423 g/mol. The number of ether oxygens (including phenoxy) is 1. The highest BCUT2D eigenvalue weighted by Crippen LogP contribution is 2.30. The van der Waals surface area contributed by atoms with Gasteiger partial charge in [0.2, 0.25) is 0 Å². The molecule has 0 saturated heterocycles. The number of para-hydroxylation sites is 2. The predicted octanol–water partition coefficient (Wildman–Crippen LogP) is 5.49. The highest BCUT2D eigenvalue weighted by atomic mass is 16.5. The molecule has 160 valence electrons. The fourth-order valence-corrected chi connectivity index (χ4v) is 4.04. The number of hydrogen-bond donors (Lipinski definition) is 0. The van der Waals surface area contributed by atoms with Gasteiger partial charge in [-0.05, 0) is 74.5 Å². The van der Waals surface area contributed by atoms with E-state index in [-0.39, 0.29) is 0 Å². The fraction of sp³-hybridized carbons (Fsp3) is 0.192. The van der Waals surface area contributed by atoms with Crippen LogP contribution in [0.5, 0.6) is 5.75 Å². The maximum absolute atomic E-state index is 5.33. The molecule has 5 rings (SSSR count). The van der Waals surface area contributed by atoms with Crippen LogP contribution in [0.25, 0.3) is 39.4 Å². The zero-order valence-corrected chi connectivity index (χ0v) is 18.5. The quantitative estimate of drug-likeness (QED) is 0.361. The zero-order valence-electron chi connectivity index (χ0n) is 18.5. The van der Waals surface area contributed by atoms with Crippen molar-refractivity contribution in [1.29, 1.82) is 0 Å². The lowest BCUT2D eigenvalue weighted by molar-refractivity contribution is 0.415. The molecule has 0 fully saturated rings. The molecule has 0 unspecified atom stereocenters. The van der Waals surface area contributed by atoms with Crippen LogP contribution < -0.4 is 9.64 Å². The van der Waals surface area contributed by atoms with E-state index in [4.69, 9.17) is 19.7 Å². The number of aromatic nitrogens is 4. The molecule has 6 heteroatoms. The maximum Gasteiger partial charge on any atom is 0.199 e. The Hall–Kier alpha value is -3.93. The van der Waals surface area contributed by atoms with Gasteiger partial charge in [-0.2, -0.15) is 0 Å². The van der Waals surface area contributed by atoms with E-state index in [1.54, 1.807) is 7.11 Å². The Kier molecular flexibility index (Phi) is 5.19. The van der Waals surface area contributed by atoms with Crippen LogP contribution in [0.3, 0.4) is 0 Å². The number of nitrogens with zero attached hydrogens (tertiary/aromatic N) is 5. The molecule has 0 bridgehead atoms. The smallest absolute Gasteiger partial charge is 0.199 e. The van der Waals surface area contributed by atoms with Crippen LogP contribution in [0.1, 0.15) is 13.8 Å². The Morgan fingerprint density at radius 1 is 0.781 bits per heavy atom. The standard InChI is InChI=1S/C26H25N5O/c1-4-30(5-2)19-12-14-20(15-13-19)31-25(18-10-16-21(32-3)17-11-18)29-24-26(31)28-23-9-7-6-8-22(23)27-24/h6-17H,4-5H2,1-3H3. The Bertz CT molecular complexity index is 1370. The molecule has 0 amide bonds. The van der Waals surface area contributed by atoms with Crippen LogP contribution in [-0.2, 0) is 0 Å². The van der Waals surface area contributed by atoms with Gasteiger partial charge in [0.25, 0.3) is 0 Å². The Balaban J connectivity index is 1.73. The number of anilines is 1. The molecule has 6 nitrogen and oxygen atoms in total.